The maximum absolute atomic E-state index is 11.6. The van der Waals surface area contributed by atoms with E-state index >= 15 is 0 Å². The highest BCUT2D eigenvalue weighted by molar-refractivity contribution is 5.69. The van der Waals surface area contributed by atoms with Crippen LogP contribution in [0.5, 0.6) is 0 Å². The second kappa shape index (κ2) is 8.21. The third kappa shape index (κ3) is 5.11. The molecule has 7 heteroatoms. The molecule has 28 heavy (non-hydrogen) atoms. The smallest absolute Gasteiger partial charge is 0.305 e. The van der Waals surface area contributed by atoms with E-state index in [2.05, 4.69) is 31.1 Å². The monoisotopic (exact) mass is 390 g/mol. The van der Waals surface area contributed by atoms with E-state index in [1.54, 1.807) is 4.68 Å². The number of ether oxygens (including phenoxy) is 1. The largest absolute Gasteiger partial charge is 0.550 e. The highest BCUT2D eigenvalue weighted by atomic mass is 16.5. The molecule has 0 N–H and O–H groups in total. The summed E-state index contributed by atoms with van der Waals surface area (Å²) in [5.74, 6) is 0.0683. The zero-order valence-electron chi connectivity index (χ0n) is 17.4. The lowest BCUT2D eigenvalue weighted by atomic mass is 9.67. The van der Waals surface area contributed by atoms with Crippen molar-refractivity contribution < 1.29 is 19.4 Å². The number of carboxylic acids is 1. The fraction of sp³-hybridized carbons (Fsp3) is 0.810. The van der Waals surface area contributed by atoms with E-state index in [1.165, 1.54) is 13.5 Å². The van der Waals surface area contributed by atoms with Gasteiger partial charge in [-0.25, -0.2) is 4.68 Å². The van der Waals surface area contributed by atoms with Gasteiger partial charge >= 0.3 is 5.97 Å². The van der Waals surface area contributed by atoms with Gasteiger partial charge in [-0.2, -0.15) is 0 Å². The van der Waals surface area contributed by atoms with Gasteiger partial charge in [0.2, 0.25) is 0 Å². The molecule has 2 aliphatic carbocycles. The lowest BCUT2D eigenvalue weighted by Gasteiger charge is -2.38. The molecule has 7 nitrogen and oxygen atoms in total. The number of methoxy groups -OCH3 is 1. The van der Waals surface area contributed by atoms with Crippen molar-refractivity contribution in [1.29, 1.82) is 0 Å². The highest BCUT2D eigenvalue weighted by Gasteiger charge is 2.40. The molecule has 0 radical (unpaired) electrons. The van der Waals surface area contributed by atoms with Crippen LogP contribution in [0.1, 0.15) is 101 Å². The van der Waals surface area contributed by atoms with E-state index in [0.29, 0.717) is 23.7 Å². The van der Waals surface area contributed by atoms with Crippen molar-refractivity contribution in [3.8, 4) is 0 Å². The van der Waals surface area contributed by atoms with Gasteiger partial charge < -0.3 is 14.6 Å². The first-order valence-corrected chi connectivity index (χ1v) is 10.4. The molecule has 0 aliphatic heterocycles. The first kappa shape index (κ1) is 20.8. The normalized spacial score (nSPS) is 23.1. The Hall–Kier alpha value is -1.92. The van der Waals surface area contributed by atoms with Gasteiger partial charge in [-0.15, -0.1) is 5.10 Å². The second-order valence-corrected chi connectivity index (χ2v) is 9.72. The average molecular weight is 391 g/mol. The molecule has 0 bridgehead atoms. The van der Waals surface area contributed by atoms with E-state index in [4.69, 9.17) is 4.74 Å². The Labute approximate surface area is 166 Å². The van der Waals surface area contributed by atoms with E-state index < -0.39 is 12.0 Å². The van der Waals surface area contributed by atoms with Crippen LogP contribution in [-0.4, -0.2) is 34.0 Å². The molecule has 1 heterocycles. The summed E-state index contributed by atoms with van der Waals surface area (Å²) in [5, 5.41) is 20.1. The third-order valence-corrected chi connectivity index (χ3v) is 5.90. The van der Waals surface area contributed by atoms with E-state index in [-0.39, 0.29) is 18.8 Å². The Morgan fingerprint density at radius 1 is 1.25 bits per heavy atom. The number of carboxylic acid groups (broad SMARTS) is 1. The van der Waals surface area contributed by atoms with Crippen molar-refractivity contribution in [1.82, 2.24) is 15.0 Å². The summed E-state index contributed by atoms with van der Waals surface area (Å²) < 4.78 is 6.49. The minimum absolute atomic E-state index is 0.158. The van der Waals surface area contributed by atoms with Crippen molar-refractivity contribution in [2.24, 2.45) is 11.3 Å². The fourth-order valence-corrected chi connectivity index (χ4v) is 4.51. The van der Waals surface area contributed by atoms with Crippen molar-refractivity contribution in [3.63, 3.8) is 0 Å². The Morgan fingerprint density at radius 2 is 1.93 bits per heavy atom. The summed E-state index contributed by atoms with van der Waals surface area (Å²) in [6.07, 6.45) is 6.00. The Bertz CT molecular complexity index is 712. The van der Waals surface area contributed by atoms with Crippen LogP contribution < -0.4 is 5.11 Å². The SMILES string of the molecule is COC(=O)CC[C@@H](CC(=O)[O-])n1nnc(C2CC(CC(C)(C)C)C2)c1C1CC1. The van der Waals surface area contributed by atoms with E-state index in [0.717, 1.165) is 43.0 Å². The van der Waals surface area contributed by atoms with Gasteiger partial charge in [0.15, 0.2) is 0 Å². The zero-order chi connectivity index (χ0) is 20.5. The lowest BCUT2D eigenvalue weighted by molar-refractivity contribution is -0.306. The number of aliphatic carboxylic acids is 1. The molecule has 3 rings (SSSR count). The number of hydrogen-bond acceptors (Lipinski definition) is 6. The van der Waals surface area contributed by atoms with Crippen LogP contribution in [0.4, 0.5) is 0 Å². The number of hydrogen-bond donors (Lipinski definition) is 0. The molecule has 0 aromatic carbocycles. The topological polar surface area (TPSA) is 97.1 Å². The van der Waals surface area contributed by atoms with Gasteiger partial charge in [-0.3, -0.25) is 4.79 Å². The maximum atomic E-state index is 11.6. The molecular weight excluding hydrogens is 358 g/mol. The van der Waals surface area contributed by atoms with Crippen LogP contribution >= 0.6 is 0 Å². The van der Waals surface area contributed by atoms with Gasteiger partial charge in [0.1, 0.15) is 0 Å². The number of carbonyl (C=O) groups is 2. The van der Waals surface area contributed by atoms with Crippen LogP contribution in [0.15, 0.2) is 0 Å². The quantitative estimate of drug-likeness (QED) is 0.601. The maximum Gasteiger partial charge on any atom is 0.305 e. The van der Waals surface area contributed by atoms with Crippen LogP contribution in [-0.2, 0) is 14.3 Å². The number of nitrogens with zero attached hydrogens (tertiary/aromatic N) is 3. The first-order valence-electron chi connectivity index (χ1n) is 10.4. The fourth-order valence-electron chi connectivity index (χ4n) is 4.51. The van der Waals surface area contributed by atoms with Crippen molar-refractivity contribution in [2.75, 3.05) is 7.11 Å². The number of esters is 1. The second-order valence-electron chi connectivity index (χ2n) is 9.72. The summed E-state index contributed by atoms with van der Waals surface area (Å²) in [4.78, 5) is 22.8. The Kier molecular flexibility index (Phi) is 6.10. The minimum Gasteiger partial charge on any atom is -0.550 e. The lowest BCUT2D eigenvalue weighted by Crippen LogP contribution is -2.29. The third-order valence-electron chi connectivity index (χ3n) is 5.90. The summed E-state index contributed by atoms with van der Waals surface area (Å²) in [7, 11) is 1.34. The van der Waals surface area contributed by atoms with Crippen molar-refractivity contribution in [3.05, 3.63) is 11.4 Å². The highest BCUT2D eigenvalue weighted by Crippen LogP contribution is 2.51. The molecule has 1 aromatic heterocycles. The number of carbonyl (C=O) groups excluding carboxylic acids is 2. The molecule has 0 spiro atoms. The standard InChI is InChI=1S/C21H33N3O4/c1-21(2,3)12-13-9-15(10-13)19-20(14-5-6-14)24(23-22-19)16(11-17(25)26)7-8-18(27)28-4/h13-16H,5-12H2,1-4H3,(H,25,26)/p-1/t13?,15?,16-/m0/s1. The minimum atomic E-state index is -1.14. The summed E-state index contributed by atoms with van der Waals surface area (Å²) in [6.45, 7) is 6.83. The summed E-state index contributed by atoms with van der Waals surface area (Å²) in [5.41, 5.74) is 2.48. The Morgan fingerprint density at radius 3 is 2.46 bits per heavy atom. The molecule has 2 aliphatic rings. The number of aromatic nitrogens is 3. The van der Waals surface area contributed by atoms with Crippen LogP contribution in [0, 0.1) is 11.3 Å². The molecule has 156 valence electrons. The van der Waals surface area contributed by atoms with Gasteiger partial charge in [-0.05, 0) is 49.9 Å². The molecular formula is C21H32N3O4-. The molecule has 2 saturated carbocycles. The van der Waals surface area contributed by atoms with Crippen LogP contribution in [0.2, 0.25) is 0 Å². The Balaban J connectivity index is 1.76. The van der Waals surface area contributed by atoms with Crippen LogP contribution in [0.25, 0.3) is 0 Å². The van der Waals surface area contributed by atoms with E-state index in [1.807, 2.05) is 0 Å². The summed E-state index contributed by atoms with van der Waals surface area (Å²) in [6, 6.07) is -0.425. The van der Waals surface area contributed by atoms with Crippen LogP contribution in [0.3, 0.4) is 0 Å². The molecule has 1 aromatic rings. The van der Waals surface area contributed by atoms with E-state index in [9.17, 15) is 14.7 Å². The van der Waals surface area contributed by atoms with Crippen molar-refractivity contribution >= 4 is 11.9 Å². The molecule has 0 saturated heterocycles. The molecule has 2 fully saturated rings. The van der Waals surface area contributed by atoms with Gasteiger partial charge in [0.05, 0.1) is 24.5 Å². The van der Waals surface area contributed by atoms with Crippen molar-refractivity contribution in [2.45, 2.75) is 90.0 Å². The van der Waals surface area contributed by atoms with Gasteiger partial charge in [0.25, 0.3) is 0 Å². The van der Waals surface area contributed by atoms with Gasteiger partial charge in [-0.1, -0.05) is 26.0 Å². The summed E-state index contributed by atoms with van der Waals surface area (Å²) >= 11 is 0. The average Bonchev–Trinajstić information content (AvgIpc) is 3.32. The zero-order valence-corrected chi connectivity index (χ0v) is 17.4. The number of rotatable bonds is 9. The molecule has 0 amide bonds. The predicted molar refractivity (Wildman–Crippen MR) is 101 cm³/mol. The molecule has 0 unspecified atom stereocenters. The van der Waals surface area contributed by atoms with Gasteiger partial charge in [0, 0.05) is 30.6 Å². The molecule has 1 atom stereocenters. The predicted octanol–water partition coefficient (Wildman–Crippen LogP) is 2.72. The first-order chi connectivity index (χ1) is 13.2.